The molecule has 1 saturated heterocycles. The predicted octanol–water partition coefficient (Wildman–Crippen LogP) is 0.850. The van der Waals surface area contributed by atoms with Crippen LogP contribution in [0.1, 0.15) is 20.3 Å². The highest BCUT2D eigenvalue weighted by molar-refractivity contribution is 5.99. The summed E-state index contributed by atoms with van der Waals surface area (Å²) in [5.74, 6) is 1.30. The maximum atomic E-state index is 7.71. The van der Waals surface area contributed by atoms with Gasteiger partial charge in [0, 0.05) is 18.9 Å². The van der Waals surface area contributed by atoms with E-state index in [0.29, 0.717) is 18.3 Å². The lowest BCUT2D eigenvalue weighted by molar-refractivity contribution is 0.450. The SMILES string of the molecule is CC(C)C(=N)N1CNCCC1=N. The zero-order valence-electron chi connectivity index (χ0n) is 7.65. The van der Waals surface area contributed by atoms with Crippen LogP contribution in [-0.4, -0.2) is 29.8 Å². The van der Waals surface area contributed by atoms with Gasteiger partial charge in [0.15, 0.2) is 0 Å². The molecular weight excluding hydrogens is 152 g/mol. The van der Waals surface area contributed by atoms with Crippen LogP contribution in [0.15, 0.2) is 0 Å². The Morgan fingerprint density at radius 3 is 2.75 bits per heavy atom. The van der Waals surface area contributed by atoms with Crippen LogP contribution in [0.5, 0.6) is 0 Å². The fourth-order valence-corrected chi connectivity index (χ4v) is 1.17. The van der Waals surface area contributed by atoms with Gasteiger partial charge in [0.2, 0.25) is 0 Å². The first-order valence-electron chi connectivity index (χ1n) is 4.27. The summed E-state index contributed by atoms with van der Waals surface area (Å²) in [6, 6.07) is 0. The predicted molar refractivity (Wildman–Crippen MR) is 49.6 cm³/mol. The van der Waals surface area contributed by atoms with Crippen molar-refractivity contribution >= 4 is 11.7 Å². The fraction of sp³-hybridized carbons (Fsp3) is 0.750. The van der Waals surface area contributed by atoms with Crippen molar-refractivity contribution in [1.29, 1.82) is 10.8 Å². The van der Waals surface area contributed by atoms with Gasteiger partial charge >= 0.3 is 0 Å². The lowest BCUT2D eigenvalue weighted by Crippen LogP contribution is -2.49. The number of hydrogen-bond donors (Lipinski definition) is 3. The summed E-state index contributed by atoms with van der Waals surface area (Å²) in [6.45, 7) is 5.44. The zero-order chi connectivity index (χ0) is 9.14. The van der Waals surface area contributed by atoms with Crippen molar-refractivity contribution in [1.82, 2.24) is 10.2 Å². The maximum Gasteiger partial charge on any atom is 0.105 e. The molecule has 0 unspecified atom stereocenters. The van der Waals surface area contributed by atoms with Gasteiger partial charge in [-0.2, -0.15) is 0 Å². The summed E-state index contributed by atoms with van der Waals surface area (Å²) in [5, 5.41) is 18.5. The average Bonchev–Trinajstić information content (AvgIpc) is 2.04. The Kier molecular flexibility index (Phi) is 2.81. The summed E-state index contributed by atoms with van der Waals surface area (Å²) in [7, 11) is 0. The Morgan fingerprint density at radius 2 is 2.25 bits per heavy atom. The van der Waals surface area contributed by atoms with E-state index in [1.165, 1.54) is 0 Å². The third-order valence-corrected chi connectivity index (χ3v) is 1.97. The number of nitrogens with zero attached hydrogens (tertiary/aromatic N) is 1. The molecule has 1 fully saturated rings. The van der Waals surface area contributed by atoms with Gasteiger partial charge in [-0.1, -0.05) is 13.8 Å². The van der Waals surface area contributed by atoms with Crippen molar-refractivity contribution in [2.24, 2.45) is 5.92 Å². The number of nitrogens with one attached hydrogen (secondary N) is 3. The molecule has 0 aromatic carbocycles. The molecule has 0 amide bonds. The molecule has 1 rings (SSSR count). The van der Waals surface area contributed by atoms with Gasteiger partial charge in [-0.3, -0.25) is 16.1 Å². The van der Waals surface area contributed by atoms with Crippen LogP contribution < -0.4 is 5.32 Å². The first kappa shape index (κ1) is 9.19. The summed E-state index contributed by atoms with van der Waals surface area (Å²) in [4.78, 5) is 1.73. The van der Waals surface area contributed by atoms with E-state index in [9.17, 15) is 0 Å². The van der Waals surface area contributed by atoms with E-state index in [4.69, 9.17) is 10.8 Å². The van der Waals surface area contributed by atoms with Crippen molar-refractivity contribution in [3.8, 4) is 0 Å². The molecule has 0 aliphatic carbocycles. The number of rotatable bonds is 1. The Labute approximate surface area is 73.0 Å². The number of hydrogen-bond acceptors (Lipinski definition) is 3. The van der Waals surface area contributed by atoms with Crippen LogP contribution in [0.25, 0.3) is 0 Å². The summed E-state index contributed by atoms with van der Waals surface area (Å²) < 4.78 is 0. The third-order valence-electron chi connectivity index (χ3n) is 1.97. The van der Waals surface area contributed by atoms with Gasteiger partial charge in [0.05, 0.1) is 6.67 Å². The molecule has 1 aliphatic rings. The molecule has 3 N–H and O–H groups in total. The molecule has 4 nitrogen and oxygen atoms in total. The molecule has 0 saturated carbocycles. The van der Waals surface area contributed by atoms with Crippen LogP contribution in [-0.2, 0) is 0 Å². The van der Waals surface area contributed by atoms with E-state index >= 15 is 0 Å². The van der Waals surface area contributed by atoms with E-state index in [2.05, 4.69) is 5.32 Å². The van der Waals surface area contributed by atoms with E-state index in [0.717, 1.165) is 13.0 Å². The van der Waals surface area contributed by atoms with Crippen molar-refractivity contribution in [3.63, 3.8) is 0 Å². The standard InChI is InChI=1S/C8H16N4/c1-6(2)8(10)12-5-11-4-3-7(12)9/h6,9-11H,3-5H2,1-2H3. The third kappa shape index (κ3) is 1.82. The number of amidine groups is 2. The van der Waals surface area contributed by atoms with E-state index in [-0.39, 0.29) is 5.92 Å². The minimum absolute atomic E-state index is 0.199. The van der Waals surface area contributed by atoms with Gasteiger partial charge < -0.3 is 4.90 Å². The molecule has 68 valence electrons. The second-order valence-electron chi connectivity index (χ2n) is 3.32. The Balaban J connectivity index is 2.60. The second-order valence-corrected chi connectivity index (χ2v) is 3.32. The minimum atomic E-state index is 0.199. The van der Waals surface area contributed by atoms with Crippen LogP contribution >= 0.6 is 0 Å². The van der Waals surface area contributed by atoms with Crippen molar-refractivity contribution in [3.05, 3.63) is 0 Å². The van der Waals surface area contributed by atoms with Crippen molar-refractivity contribution in [2.45, 2.75) is 20.3 Å². The molecule has 0 radical (unpaired) electrons. The minimum Gasteiger partial charge on any atom is -0.305 e. The molecule has 0 atom stereocenters. The zero-order valence-corrected chi connectivity index (χ0v) is 7.65. The fourth-order valence-electron chi connectivity index (χ4n) is 1.17. The maximum absolute atomic E-state index is 7.71. The first-order chi connectivity index (χ1) is 5.63. The van der Waals surface area contributed by atoms with E-state index < -0.39 is 0 Å². The van der Waals surface area contributed by atoms with Crippen molar-refractivity contribution in [2.75, 3.05) is 13.2 Å². The summed E-state index contributed by atoms with van der Waals surface area (Å²) >= 11 is 0. The second kappa shape index (κ2) is 3.67. The van der Waals surface area contributed by atoms with Crippen LogP contribution in [0.2, 0.25) is 0 Å². The molecule has 4 heteroatoms. The average molecular weight is 168 g/mol. The Morgan fingerprint density at radius 1 is 1.58 bits per heavy atom. The van der Waals surface area contributed by atoms with Gasteiger partial charge in [-0.05, 0) is 0 Å². The van der Waals surface area contributed by atoms with Gasteiger partial charge in [-0.15, -0.1) is 0 Å². The van der Waals surface area contributed by atoms with Crippen LogP contribution in [0.3, 0.4) is 0 Å². The Bertz CT molecular complexity index is 197. The normalized spacial score (nSPS) is 18.6. The molecule has 0 spiro atoms. The molecule has 12 heavy (non-hydrogen) atoms. The van der Waals surface area contributed by atoms with E-state index in [1.54, 1.807) is 4.90 Å². The quantitative estimate of drug-likeness (QED) is 0.401. The van der Waals surface area contributed by atoms with E-state index in [1.807, 2.05) is 13.8 Å². The van der Waals surface area contributed by atoms with Crippen LogP contribution in [0, 0.1) is 16.7 Å². The Hall–Kier alpha value is -0.900. The summed E-state index contributed by atoms with van der Waals surface area (Å²) in [5.41, 5.74) is 0. The lowest BCUT2D eigenvalue weighted by atomic mass is 10.1. The smallest absolute Gasteiger partial charge is 0.105 e. The highest BCUT2D eigenvalue weighted by Gasteiger charge is 2.19. The summed E-state index contributed by atoms with van der Waals surface area (Å²) in [6.07, 6.45) is 0.731. The molecule has 1 heterocycles. The van der Waals surface area contributed by atoms with Crippen molar-refractivity contribution < 1.29 is 0 Å². The highest BCUT2D eigenvalue weighted by atomic mass is 15.3. The lowest BCUT2D eigenvalue weighted by Gasteiger charge is -2.31. The topological polar surface area (TPSA) is 63.0 Å². The van der Waals surface area contributed by atoms with Gasteiger partial charge in [0.25, 0.3) is 0 Å². The first-order valence-corrected chi connectivity index (χ1v) is 4.27. The molecule has 0 aromatic heterocycles. The molecule has 0 aromatic rings. The molecular formula is C8H16N4. The molecule has 0 bridgehead atoms. The molecule has 1 aliphatic heterocycles. The largest absolute Gasteiger partial charge is 0.305 e. The van der Waals surface area contributed by atoms with Crippen LogP contribution in [0.4, 0.5) is 0 Å². The monoisotopic (exact) mass is 168 g/mol. The van der Waals surface area contributed by atoms with Gasteiger partial charge in [-0.25, -0.2) is 0 Å². The highest BCUT2D eigenvalue weighted by Crippen LogP contribution is 2.05. The van der Waals surface area contributed by atoms with Gasteiger partial charge in [0.1, 0.15) is 11.7 Å².